The number of ether oxygens (including phenoxy) is 3. The van der Waals surface area contributed by atoms with Crippen molar-refractivity contribution in [3.63, 3.8) is 0 Å². The van der Waals surface area contributed by atoms with E-state index in [2.05, 4.69) is 0 Å². The predicted molar refractivity (Wildman–Crippen MR) is 87.0 cm³/mol. The summed E-state index contributed by atoms with van der Waals surface area (Å²) < 4.78 is 15.8. The van der Waals surface area contributed by atoms with Gasteiger partial charge in [-0.2, -0.15) is 0 Å². The van der Waals surface area contributed by atoms with Crippen molar-refractivity contribution in [2.24, 2.45) is 0 Å². The van der Waals surface area contributed by atoms with Gasteiger partial charge in [-0.1, -0.05) is 12.1 Å². The first-order valence-electron chi connectivity index (χ1n) is 7.38. The molecule has 23 heavy (non-hydrogen) atoms. The van der Waals surface area contributed by atoms with Gasteiger partial charge in [0.1, 0.15) is 18.1 Å². The van der Waals surface area contributed by atoms with E-state index in [1.165, 1.54) is 0 Å². The Hall–Kier alpha value is -2.53. The van der Waals surface area contributed by atoms with Gasteiger partial charge >= 0.3 is 5.97 Å². The molecule has 2 rings (SSSR count). The molecule has 0 spiro atoms. The van der Waals surface area contributed by atoms with Gasteiger partial charge in [0.05, 0.1) is 25.9 Å². The minimum atomic E-state index is -0.379. The lowest BCUT2D eigenvalue weighted by Gasteiger charge is -2.13. The molecule has 0 atom stereocenters. The lowest BCUT2D eigenvalue weighted by Crippen LogP contribution is -2.07. The summed E-state index contributed by atoms with van der Waals surface area (Å²) in [6.07, 6.45) is 0. The highest BCUT2D eigenvalue weighted by molar-refractivity contribution is 5.92. The number of rotatable bonds is 7. The normalized spacial score (nSPS) is 10.2. The summed E-state index contributed by atoms with van der Waals surface area (Å²) in [5.41, 5.74) is 2.09. The van der Waals surface area contributed by atoms with Crippen LogP contribution in [0.5, 0.6) is 11.5 Å². The van der Waals surface area contributed by atoms with Crippen molar-refractivity contribution in [1.29, 1.82) is 0 Å². The number of carbonyl (C=O) groups is 1. The third-order valence-electron chi connectivity index (χ3n) is 3.24. The molecule has 0 aliphatic heterocycles. The zero-order valence-corrected chi connectivity index (χ0v) is 13.2. The molecule has 0 aliphatic rings. The summed E-state index contributed by atoms with van der Waals surface area (Å²) >= 11 is 0. The number of benzene rings is 2. The highest BCUT2D eigenvalue weighted by Gasteiger charge is 2.13. The number of aliphatic hydroxyl groups excluding tert-OH is 1. The molecule has 0 amide bonds. The molecule has 122 valence electrons. The van der Waals surface area contributed by atoms with Crippen molar-refractivity contribution in [2.45, 2.75) is 6.92 Å². The quantitative estimate of drug-likeness (QED) is 0.796. The van der Waals surface area contributed by atoms with Gasteiger partial charge in [-0.15, -0.1) is 0 Å². The fourth-order valence-corrected chi connectivity index (χ4v) is 2.15. The molecule has 5 nitrogen and oxygen atoms in total. The Balaban J connectivity index is 2.41. The molecule has 0 bridgehead atoms. The SMILES string of the molecule is CCOC(=O)c1ccc(OCCO)c(-c2ccc(OC)cc2)c1. The van der Waals surface area contributed by atoms with Crippen molar-refractivity contribution in [1.82, 2.24) is 0 Å². The molecule has 0 radical (unpaired) electrons. The first kappa shape index (κ1) is 16.8. The van der Waals surface area contributed by atoms with Gasteiger partial charge in [-0.25, -0.2) is 4.79 Å². The molecule has 0 fully saturated rings. The van der Waals surface area contributed by atoms with Crippen LogP contribution in [0.2, 0.25) is 0 Å². The molecule has 5 heteroatoms. The van der Waals surface area contributed by atoms with Crippen LogP contribution in [0, 0.1) is 0 Å². The Kier molecular flexibility index (Phi) is 6.00. The number of carbonyl (C=O) groups excluding carboxylic acids is 1. The third kappa shape index (κ3) is 4.23. The molecule has 0 heterocycles. The molecule has 0 aliphatic carbocycles. The average molecular weight is 316 g/mol. The summed E-state index contributed by atoms with van der Waals surface area (Å²) in [7, 11) is 1.60. The number of aliphatic hydroxyl groups is 1. The van der Waals surface area contributed by atoms with Crippen molar-refractivity contribution in [2.75, 3.05) is 26.9 Å². The minimum absolute atomic E-state index is 0.0817. The Morgan fingerprint density at radius 2 is 1.87 bits per heavy atom. The third-order valence-corrected chi connectivity index (χ3v) is 3.24. The fraction of sp³-hybridized carbons (Fsp3) is 0.278. The molecule has 0 unspecified atom stereocenters. The smallest absolute Gasteiger partial charge is 0.338 e. The van der Waals surface area contributed by atoms with E-state index in [0.29, 0.717) is 17.9 Å². The molecule has 1 N–H and O–H groups in total. The van der Waals surface area contributed by atoms with Gasteiger partial charge in [0.2, 0.25) is 0 Å². The fourth-order valence-electron chi connectivity index (χ4n) is 2.15. The van der Waals surface area contributed by atoms with Gasteiger partial charge in [0, 0.05) is 5.56 Å². The first-order chi connectivity index (χ1) is 11.2. The zero-order valence-electron chi connectivity index (χ0n) is 13.2. The Bertz CT molecular complexity index is 649. The monoisotopic (exact) mass is 316 g/mol. The predicted octanol–water partition coefficient (Wildman–Crippen LogP) is 2.91. The second-order valence-corrected chi connectivity index (χ2v) is 4.73. The van der Waals surface area contributed by atoms with Crippen LogP contribution in [-0.2, 0) is 4.74 Å². The number of hydrogen-bond acceptors (Lipinski definition) is 5. The van der Waals surface area contributed by atoms with Crippen molar-refractivity contribution in [3.8, 4) is 22.6 Å². The Morgan fingerprint density at radius 1 is 1.13 bits per heavy atom. The van der Waals surface area contributed by atoms with Crippen LogP contribution in [-0.4, -0.2) is 38.0 Å². The summed E-state index contributed by atoms with van der Waals surface area (Å²) in [6.45, 7) is 2.18. The average Bonchev–Trinajstić information content (AvgIpc) is 2.60. The maximum atomic E-state index is 11.9. The van der Waals surface area contributed by atoms with E-state index in [4.69, 9.17) is 19.3 Å². The van der Waals surface area contributed by atoms with Crippen LogP contribution in [0.4, 0.5) is 0 Å². The topological polar surface area (TPSA) is 65.0 Å². The lowest BCUT2D eigenvalue weighted by molar-refractivity contribution is 0.0526. The summed E-state index contributed by atoms with van der Waals surface area (Å²) in [5.74, 6) is 0.960. The highest BCUT2D eigenvalue weighted by Crippen LogP contribution is 2.32. The number of esters is 1. The van der Waals surface area contributed by atoms with Crippen LogP contribution < -0.4 is 9.47 Å². The van der Waals surface area contributed by atoms with Crippen molar-refractivity contribution in [3.05, 3.63) is 48.0 Å². The summed E-state index contributed by atoms with van der Waals surface area (Å²) in [6, 6.07) is 12.5. The van der Waals surface area contributed by atoms with E-state index in [1.54, 1.807) is 32.2 Å². The Morgan fingerprint density at radius 3 is 2.48 bits per heavy atom. The number of methoxy groups -OCH3 is 1. The molecular weight excluding hydrogens is 296 g/mol. The maximum Gasteiger partial charge on any atom is 0.338 e. The van der Waals surface area contributed by atoms with E-state index < -0.39 is 0 Å². The second-order valence-electron chi connectivity index (χ2n) is 4.73. The molecule has 0 saturated heterocycles. The van der Waals surface area contributed by atoms with Crippen LogP contribution in [0.25, 0.3) is 11.1 Å². The molecule has 2 aromatic carbocycles. The zero-order chi connectivity index (χ0) is 16.7. The summed E-state index contributed by atoms with van der Waals surface area (Å²) in [4.78, 5) is 11.9. The van der Waals surface area contributed by atoms with E-state index in [1.807, 2.05) is 24.3 Å². The highest BCUT2D eigenvalue weighted by atomic mass is 16.5. The molecule has 2 aromatic rings. The van der Waals surface area contributed by atoms with E-state index in [0.717, 1.165) is 16.9 Å². The van der Waals surface area contributed by atoms with Gasteiger partial charge in [0.25, 0.3) is 0 Å². The van der Waals surface area contributed by atoms with E-state index >= 15 is 0 Å². The Labute approximate surface area is 135 Å². The maximum absolute atomic E-state index is 11.9. The molecule has 0 saturated carbocycles. The van der Waals surface area contributed by atoms with E-state index in [-0.39, 0.29) is 19.2 Å². The molecule has 0 aromatic heterocycles. The van der Waals surface area contributed by atoms with Gasteiger partial charge in [-0.3, -0.25) is 0 Å². The van der Waals surface area contributed by atoms with Crippen LogP contribution in [0.3, 0.4) is 0 Å². The van der Waals surface area contributed by atoms with Gasteiger partial charge in [-0.05, 0) is 42.8 Å². The van der Waals surface area contributed by atoms with Crippen molar-refractivity contribution < 1.29 is 24.1 Å². The summed E-state index contributed by atoms with van der Waals surface area (Å²) in [5, 5.41) is 8.95. The largest absolute Gasteiger partial charge is 0.497 e. The van der Waals surface area contributed by atoms with Gasteiger partial charge in [0.15, 0.2) is 0 Å². The first-order valence-corrected chi connectivity index (χ1v) is 7.38. The van der Waals surface area contributed by atoms with Crippen molar-refractivity contribution >= 4 is 5.97 Å². The van der Waals surface area contributed by atoms with Crippen LogP contribution in [0.15, 0.2) is 42.5 Å². The van der Waals surface area contributed by atoms with Gasteiger partial charge < -0.3 is 19.3 Å². The van der Waals surface area contributed by atoms with Crippen LogP contribution in [0.1, 0.15) is 17.3 Å². The second kappa shape index (κ2) is 8.19. The van der Waals surface area contributed by atoms with E-state index in [9.17, 15) is 4.79 Å². The van der Waals surface area contributed by atoms with Crippen LogP contribution >= 0.6 is 0 Å². The lowest BCUT2D eigenvalue weighted by atomic mass is 10.0. The minimum Gasteiger partial charge on any atom is -0.497 e. The molecular formula is C18H20O5. The number of hydrogen-bond donors (Lipinski definition) is 1. The standard InChI is InChI=1S/C18H20O5/c1-3-22-18(20)14-6-9-17(23-11-10-19)16(12-14)13-4-7-15(21-2)8-5-13/h4-9,12,19H,3,10-11H2,1-2H3.